The highest BCUT2D eigenvalue weighted by Crippen LogP contribution is 2.30. The van der Waals surface area contributed by atoms with E-state index in [0.29, 0.717) is 18.1 Å². The normalized spacial score (nSPS) is 17.3. The van der Waals surface area contributed by atoms with Crippen molar-refractivity contribution >= 4 is 23.2 Å². The summed E-state index contributed by atoms with van der Waals surface area (Å²) in [7, 11) is 0. The van der Waals surface area contributed by atoms with E-state index in [-0.39, 0.29) is 23.1 Å². The Labute approximate surface area is 138 Å². The molecule has 0 N–H and O–H groups in total. The predicted octanol–water partition coefficient (Wildman–Crippen LogP) is 3.88. The van der Waals surface area contributed by atoms with Crippen LogP contribution in [0.25, 0.3) is 0 Å². The monoisotopic (exact) mass is 330 g/mol. The molecule has 0 radical (unpaired) electrons. The number of carbonyl (C=O) groups is 1. The van der Waals surface area contributed by atoms with Gasteiger partial charge in [-0.05, 0) is 24.1 Å². The summed E-state index contributed by atoms with van der Waals surface area (Å²) in [5.41, 5.74) is 1.03. The van der Waals surface area contributed by atoms with Crippen LogP contribution in [0.1, 0.15) is 28.3 Å². The summed E-state index contributed by atoms with van der Waals surface area (Å²) in [4.78, 5) is 24.9. The molecule has 1 atom stereocenters. The third-order valence-corrected chi connectivity index (χ3v) is 4.37. The zero-order chi connectivity index (χ0) is 16.4. The standard InChI is InChI=1S/C17H15ClN2O3/c18-14-6-7-16(20(22)23)15(10-14)17(21)19-9-8-13(11-19)12-4-2-1-3-5-12/h1-7,10,13H,8-9,11H2. The average Bonchev–Trinajstić information content (AvgIpc) is 3.04. The molecule has 0 saturated carbocycles. The average molecular weight is 331 g/mol. The van der Waals surface area contributed by atoms with Crippen molar-refractivity contribution in [3.8, 4) is 0 Å². The van der Waals surface area contributed by atoms with Crippen LogP contribution in [0.4, 0.5) is 5.69 Å². The topological polar surface area (TPSA) is 63.4 Å². The summed E-state index contributed by atoms with van der Waals surface area (Å²) >= 11 is 5.90. The second-order valence-corrected chi connectivity index (χ2v) is 6.00. The zero-order valence-electron chi connectivity index (χ0n) is 12.3. The molecule has 2 aromatic rings. The lowest BCUT2D eigenvalue weighted by Crippen LogP contribution is -2.29. The van der Waals surface area contributed by atoms with Gasteiger partial charge < -0.3 is 4.90 Å². The van der Waals surface area contributed by atoms with Gasteiger partial charge in [-0.1, -0.05) is 41.9 Å². The number of rotatable bonds is 3. The SMILES string of the molecule is O=C(c1cc(Cl)ccc1[N+](=O)[O-])N1CCC(c2ccccc2)C1. The Morgan fingerprint density at radius 3 is 2.65 bits per heavy atom. The lowest BCUT2D eigenvalue weighted by atomic mass is 9.99. The molecule has 0 aliphatic carbocycles. The Morgan fingerprint density at radius 1 is 1.22 bits per heavy atom. The highest BCUT2D eigenvalue weighted by Gasteiger charge is 2.31. The van der Waals surface area contributed by atoms with Crippen LogP contribution in [0.3, 0.4) is 0 Å². The molecule has 2 aromatic carbocycles. The third kappa shape index (κ3) is 3.19. The van der Waals surface area contributed by atoms with Crippen molar-refractivity contribution in [1.29, 1.82) is 0 Å². The highest BCUT2D eigenvalue weighted by molar-refractivity contribution is 6.31. The van der Waals surface area contributed by atoms with Crippen LogP contribution >= 0.6 is 11.6 Å². The van der Waals surface area contributed by atoms with Crippen molar-refractivity contribution in [3.05, 3.63) is 74.8 Å². The largest absolute Gasteiger partial charge is 0.338 e. The summed E-state index contributed by atoms with van der Waals surface area (Å²) in [6, 6.07) is 14.1. The number of nitrogens with zero attached hydrogens (tertiary/aromatic N) is 2. The van der Waals surface area contributed by atoms with E-state index >= 15 is 0 Å². The van der Waals surface area contributed by atoms with Gasteiger partial charge >= 0.3 is 0 Å². The van der Waals surface area contributed by atoms with E-state index in [9.17, 15) is 14.9 Å². The van der Waals surface area contributed by atoms with E-state index in [1.165, 1.54) is 23.8 Å². The summed E-state index contributed by atoms with van der Waals surface area (Å²) in [6.45, 7) is 1.15. The van der Waals surface area contributed by atoms with Crippen molar-refractivity contribution in [2.75, 3.05) is 13.1 Å². The van der Waals surface area contributed by atoms with Gasteiger partial charge in [-0.2, -0.15) is 0 Å². The number of benzene rings is 2. The summed E-state index contributed by atoms with van der Waals surface area (Å²) in [6.07, 6.45) is 0.851. The maximum atomic E-state index is 12.7. The molecule has 1 aliphatic rings. The Balaban J connectivity index is 1.82. The van der Waals surface area contributed by atoms with Crippen molar-refractivity contribution in [2.45, 2.75) is 12.3 Å². The van der Waals surface area contributed by atoms with Gasteiger partial charge in [-0.3, -0.25) is 14.9 Å². The van der Waals surface area contributed by atoms with Gasteiger partial charge in [0.1, 0.15) is 5.56 Å². The van der Waals surface area contributed by atoms with E-state index in [2.05, 4.69) is 0 Å². The van der Waals surface area contributed by atoms with Gasteiger partial charge in [0.05, 0.1) is 4.92 Å². The number of likely N-dealkylation sites (tertiary alicyclic amines) is 1. The molecule has 23 heavy (non-hydrogen) atoms. The maximum Gasteiger partial charge on any atom is 0.282 e. The minimum atomic E-state index is -0.547. The first kappa shape index (κ1) is 15.5. The van der Waals surface area contributed by atoms with Gasteiger partial charge in [-0.15, -0.1) is 0 Å². The van der Waals surface area contributed by atoms with E-state index in [0.717, 1.165) is 6.42 Å². The second kappa shape index (κ2) is 6.38. The van der Waals surface area contributed by atoms with Crippen LogP contribution in [0.15, 0.2) is 48.5 Å². The minimum Gasteiger partial charge on any atom is -0.338 e. The molecule has 1 unspecified atom stereocenters. The molecule has 118 valence electrons. The first-order valence-electron chi connectivity index (χ1n) is 7.34. The molecule has 1 fully saturated rings. The number of amides is 1. The van der Waals surface area contributed by atoms with Crippen LogP contribution in [-0.2, 0) is 0 Å². The minimum absolute atomic E-state index is 0.0520. The van der Waals surface area contributed by atoms with Crippen molar-refractivity contribution in [3.63, 3.8) is 0 Å². The molecule has 1 amide bonds. The molecule has 0 spiro atoms. The molecule has 1 heterocycles. The van der Waals surface area contributed by atoms with E-state index < -0.39 is 4.92 Å². The van der Waals surface area contributed by atoms with Crippen molar-refractivity contribution < 1.29 is 9.72 Å². The quantitative estimate of drug-likeness (QED) is 0.633. The Bertz CT molecular complexity index is 749. The number of carbonyl (C=O) groups excluding carboxylic acids is 1. The van der Waals surface area contributed by atoms with Crippen molar-refractivity contribution in [2.24, 2.45) is 0 Å². The van der Waals surface area contributed by atoms with Crippen LogP contribution in [-0.4, -0.2) is 28.8 Å². The Morgan fingerprint density at radius 2 is 1.96 bits per heavy atom. The first-order chi connectivity index (χ1) is 11.1. The Hall–Kier alpha value is -2.40. The summed E-state index contributed by atoms with van der Waals surface area (Å²) in [5, 5.41) is 11.4. The first-order valence-corrected chi connectivity index (χ1v) is 7.72. The van der Waals surface area contributed by atoms with E-state index in [4.69, 9.17) is 11.6 Å². The fraction of sp³-hybridized carbons (Fsp3) is 0.235. The van der Waals surface area contributed by atoms with Crippen molar-refractivity contribution in [1.82, 2.24) is 4.90 Å². The van der Waals surface area contributed by atoms with E-state index in [1.54, 1.807) is 4.90 Å². The molecule has 0 bridgehead atoms. The van der Waals surface area contributed by atoms with Crippen LogP contribution in [0.2, 0.25) is 5.02 Å². The van der Waals surface area contributed by atoms with Gasteiger partial charge in [0, 0.05) is 30.1 Å². The number of nitro benzene ring substituents is 1. The zero-order valence-corrected chi connectivity index (χ0v) is 13.1. The lowest BCUT2D eigenvalue weighted by molar-refractivity contribution is -0.385. The molecular formula is C17H15ClN2O3. The predicted molar refractivity (Wildman–Crippen MR) is 87.8 cm³/mol. The fourth-order valence-corrected chi connectivity index (χ4v) is 3.12. The Kier molecular flexibility index (Phi) is 4.30. The number of halogens is 1. The van der Waals surface area contributed by atoms with Gasteiger partial charge in [0.2, 0.25) is 0 Å². The lowest BCUT2D eigenvalue weighted by Gasteiger charge is -2.17. The fourth-order valence-electron chi connectivity index (χ4n) is 2.95. The molecule has 5 nitrogen and oxygen atoms in total. The highest BCUT2D eigenvalue weighted by atomic mass is 35.5. The number of hydrogen-bond donors (Lipinski definition) is 0. The number of nitro groups is 1. The van der Waals surface area contributed by atoms with Gasteiger partial charge in [-0.25, -0.2) is 0 Å². The molecule has 1 aliphatic heterocycles. The molecule has 3 rings (SSSR count). The summed E-state index contributed by atoms with van der Waals surface area (Å²) in [5.74, 6) is -0.0731. The molecule has 6 heteroatoms. The third-order valence-electron chi connectivity index (χ3n) is 4.13. The molecule has 1 saturated heterocycles. The van der Waals surface area contributed by atoms with Crippen LogP contribution in [0.5, 0.6) is 0 Å². The summed E-state index contributed by atoms with van der Waals surface area (Å²) < 4.78 is 0. The van der Waals surface area contributed by atoms with Gasteiger partial charge in [0.25, 0.3) is 11.6 Å². The smallest absolute Gasteiger partial charge is 0.282 e. The van der Waals surface area contributed by atoms with E-state index in [1.807, 2.05) is 30.3 Å². The number of hydrogen-bond acceptors (Lipinski definition) is 3. The van der Waals surface area contributed by atoms with Gasteiger partial charge in [0.15, 0.2) is 0 Å². The van der Waals surface area contributed by atoms with Crippen LogP contribution < -0.4 is 0 Å². The molecule has 0 aromatic heterocycles. The molecular weight excluding hydrogens is 316 g/mol. The maximum absolute atomic E-state index is 12.7. The second-order valence-electron chi connectivity index (χ2n) is 5.57. The van der Waals surface area contributed by atoms with Crippen LogP contribution in [0, 0.1) is 10.1 Å².